The lowest BCUT2D eigenvalue weighted by Gasteiger charge is -2.27. The summed E-state index contributed by atoms with van der Waals surface area (Å²) in [6.07, 6.45) is 0.804. The Hall–Kier alpha value is -2.57. The molecule has 152 valence electrons. The second-order valence-corrected chi connectivity index (χ2v) is 7.92. The summed E-state index contributed by atoms with van der Waals surface area (Å²) in [7, 11) is -3.04. The lowest BCUT2D eigenvalue weighted by Crippen LogP contribution is -2.43. The van der Waals surface area contributed by atoms with Gasteiger partial charge in [0.25, 0.3) is 0 Å². The van der Waals surface area contributed by atoms with Crippen LogP contribution in [0.2, 0.25) is 0 Å². The molecule has 0 aromatic carbocycles. The number of rotatable bonds is 5. The van der Waals surface area contributed by atoms with Crippen LogP contribution in [-0.4, -0.2) is 71.1 Å². The summed E-state index contributed by atoms with van der Waals surface area (Å²) in [5.41, 5.74) is -1.09. The summed E-state index contributed by atoms with van der Waals surface area (Å²) < 4.78 is 62.4. The Morgan fingerprint density at radius 1 is 1.36 bits per heavy atom. The van der Waals surface area contributed by atoms with E-state index in [2.05, 4.69) is 4.98 Å². The first-order chi connectivity index (χ1) is 13.2. The van der Waals surface area contributed by atoms with E-state index in [0.717, 1.165) is 21.6 Å². The highest BCUT2D eigenvalue weighted by Crippen LogP contribution is 2.31. The monoisotopic (exact) mass is 416 g/mol. The van der Waals surface area contributed by atoms with E-state index >= 15 is 4.39 Å². The van der Waals surface area contributed by atoms with E-state index in [0.29, 0.717) is 3.97 Å². The number of hydrogen-bond acceptors (Lipinski definition) is 5. The van der Waals surface area contributed by atoms with Gasteiger partial charge in [0.15, 0.2) is 5.82 Å². The lowest BCUT2D eigenvalue weighted by molar-refractivity contribution is 0.0726. The van der Waals surface area contributed by atoms with E-state index in [1.165, 1.54) is 19.2 Å². The molecule has 1 saturated heterocycles. The minimum absolute atomic E-state index is 0.0570. The second-order valence-electron chi connectivity index (χ2n) is 6.11. The van der Waals surface area contributed by atoms with Crippen LogP contribution in [0.25, 0.3) is 11.3 Å². The van der Waals surface area contributed by atoms with E-state index in [4.69, 9.17) is 9.84 Å². The average Bonchev–Trinajstić information content (AvgIpc) is 3.00. The van der Waals surface area contributed by atoms with Gasteiger partial charge in [0.1, 0.15) is 5.69 Å². The molecular formula is C16H18F2N4O5S. The topological polar surface area (TPSA) is 105 Å². The van der Waals surface area contributed by atoms with Crippen LogP contribution in [-0.2, 0) is 21.5 Å². The van der Waals surface area contributed by atoms with Crippen LogP contribution in [0.1, 0.15) is 5.56 Å². The number of aromatic nitrogens is 2. The van der Waals surface area contributed by atoms with Gasteiger partial charge in [-0.2, -0.15) is 17.1 Å². The quantitative estimate of drug-likeness (QED) is 0.738. The molecule has 1 amide bonds. The number of halogens is 2. The molecule has 1 N–H and O–H groups in total. The molecule has 0 atom stereocenters. The molecule has 0 unspecified atom stereocenters. The fourth-order valence-electron chi connectivity index (χ4n) is 2.83. The molecule has 2 aromatic rings. The minimum Gasteiger partial charge on any atom is -0.465 e. The van der Waals surface area contributed by atoms with Gasteiger partial charge in [0.2, 0.25) is 5.95 Å². The van der Waals surface area contributed by atoms with Crippen LogP contribution in [0.4, 0.5) is 13.6 Å². The van der Waals surface area contributed by atoms with Crippen LogP contribution in [0, 0.1) is 11.8 Å². The predicted molar refractivity (Wildman–Crippen MR) is 93.8 cm³/mol. The fourth-order valence-corrected chi connectivity index (χ4v) is 4.36. The van der Waals surface area contributed by atoms with Crippen LogP contribution >= 0.6 is 0 Å². The normalized spacial score (nSPS) is 15.5. The van der Waals surface area contributed by atoms with Crippen molar-refractivity contribution < 1.29 is 31.8 Å². The Labute approximate surface area is 159 Å². The van der Waals surface area contributed by atoms with Gasteiger partial charge in [-0.25, -0.2) is 18.1 Å². The predicted octanol–water partition coefficient (Wildman–Crippen LogP) is 1.36. The summed E-state index contributed by atoms with van der Waals surface area (Å²) in [5.74, 6) is -2.08. The van der Waals surface area contributed by atoms with Crippen molar-refractivity contribution in [2.45, 2.75) is 6.54 Å². The standard InChI is InChI=1S/C16H18F2N4O5S/c1-20(16(23)24)9-11-10-22(28(25,26)21-5-7-27-8-6-21)14(13(11)17)12-3-2-4-19-15(12)18/h2-4,10H,5-9H2,1H3,(H,23,24). The van der Waals surface area contributed by atoms with Gasteiger partial charge in [-0.15, -0.1) is 0 Å². The molecule has 0 saturated carbocycles. The first kappa shape index (κ1) is 20.2. The Kier molecular flexibility index (Phi) is 5.63. The number of ether oxygens (including phenoxy) is 1. The number of pyridine rings is 1. The van der Waals surface area contributed by atoms with E-state index in [-0.39, 0.29) is 37.4 Å². The number of carbonyl (C=O) groups is 1. The zero-order valence-electron chi connectivity index (χ0n) is 14.9. The summed E-state index contributed by atoms with van der Waals surface area (Å²) in [6, 6.07) is 2.55. The Morgan fingerprint density at radius 2 is 2.04 bits per heavy atom. The zero-order valence-corrected chi connectivity index (χ0v) is 15.7. The van der Waals surface area contributed by atoms with Gasteiger partial charge in [-0.3, -0.25) is 0 Å². The van der Waals surface area contributed by atoms with Gasteiger partial charge >= 0.3 is 16.3 Å². The van der Waals surface area contributed by atoms with Gasteiger partial charge in [-0.1, -0.05) is 0 Å². The maximum absolute atomic E-state index is 15.1. The highest BCUT2D eigenvalue weighted by atomic mass is 32.2. The van der Waals surface area contributed by atoms with Crippen molar-refractivity contribution >= 4 is 16.3 Å². The Balaban J connectivity index is 2.17. The highest BCUT2D eigenvalue weighted by molar-refractivity contribution is 7.87. The minimum atomic E-state index is -4.25. The van der Waals surface area contributed by atoms with Crippen molar-refractivity contribution in [2.75, 3.05) is 33.4 Å². The van der Waals surface area contributed by atoms with Crippen LogP contribution in [0.3, 0.4) is 0 Å². The third kappa shape index (κ3) is 3.70. The van der Waals surface area contributed by atoms with E-state index in [1.807, 2.05) is 0 Å². The number of hydrogen-bond donors (Lipinski definition) is 1. The van der Waals surface area contributed by atoms with Crippen molar-refractivity contribution in [1.82, 2.24) is 18.2 Å². The van der Waals surface area contributed by atoms with Gasteiger partial charge < -0.3 is 14.7 Å². The molecule has 12 heteroatoms. The van der Waals surface area contributed by atoms with E-state index < -0.39 is 40.3 Å². The van der Waals surface area contributed by atoms with Crippen molar-refractivity contribution in [3.05, 3.63) is 41.9 Å². The SMILES string of the molecule is CN(Cc1cn(S(=O)(=O)N2CCOCC2)c(-c2cccnc2F)c1F)C(=O)O. The van der Waals surface area contributed by atoms with Crippen molar-refractivity contribution in [2.24, 2.45) is 0 Å². The van der Waals surface area contributed by atoms with Crippen LogP contribution in [0.15, 0.2) is 24.5 Å². The van der Waals surface area contributed by atoms with Crippen molar-refractivity contribution in [3.8, 4) is 11.3 Å². The molecule has 3 heterocycles. The maximum atomic E-state index is 15.1. The number of morpholine rings is 1. The Morgan fingerprint density at radius 3 is 2.64 bits per heavy atom. The van der Waals surface area contributed by atoms with Gasteiger partial charge in [0.05, 0.1) is 25.3 Å². The smallest absolute Gasteiger partial charge is 0.407 e. The zero-order chi connectivity index (χ0) is 20.5. The summed E-state index contributed by atoms with van der Waals surface area (Å²) in [4.78, 5) is 15.3. The maximum Gasteiger partial charge on any atom is 0.407 e. The van der Waals surface area contributed by atoms with Gasteiger partial charge in [0, 0.05) is 38.1 Å². The largest absolute Gasteiger partial charge is 0.465 e. The first-order valence-electron chi connectivity index (χ1n) is 8.26. The molecule has 0 radical (unpaired) electrons. The summed E-state index contributed by atoms with van der Waals surface area (Å²) >= 11 is 0. The van der Waals surface area contributed by atoms with Crippen molar-refractivity contribution in [3.63, 3.8) is 0 Å². The third-order valence-electron chi connectivity index (χ3n) is 4.28. The average molecular weight is 416 g/mol. The molecular weight excluding hydrogens is 398 g/mol. The molecule has 9 nitrogen and oxygen atoms in total. The summed E-state index contributed by atoms with van der Waals surface area (Å²) in [5, 5.41) is 9.02. The van der Waals surface area contributed by atoms with E-state index in [9.17, 15) is 17.6 Å². The van der Waals surface area contributed by atoms with Crippen molar-refractivity contribution in [1.29, 1.82) is 0 Å². The number of nitrogens with zero attached hydrogens (tertiary/aromatic N) is 4. The molecule has 3 rings (SSSR count). The number of carboxylic acid groups (broad SMARTS) is 1. The highest BCUT2D eigenvalue weighted by Gasteiger charge is 2.32. The first-order valence-corrected chi connectivity index (χ1v) is 9.66. The van der Waals surface area contributed by atoms with E-state index in [1.54, 1.807) is 0 Å². The third-order valence-corrected chi connectivity index (χ3v) is 6.08. The second kappa shape index (κ2) is 7.81. The lowest BCUT2D eigenvalue weighted by atomic mass is 10.2. The molecule has 28 heavy (non-hydrogen) atoms. The van der Waals surface area contributed by atoms with Crippen LogP contribution in [0.5, 0.6) is 0 Å². The molecule has 0 aliphatic carbocycles. The molecule has 2 aromatic heterocycles. The molecule has 1 aliphatic heterocycles. The van der Waals surface area contributed by atoms with Gasteiger partial charge in [-0.05, 0) is 12.1 Å². The summed E-state index contributed by atoms with van der Waals surface area (Å²) in [6.45, 7) is 0.0486. The Bertz CT molecular complexity index is 989. The number of amides is 1. The molecule has 1 aliphatic rings. The fraction of sp³-hybridized carbons (Fsp3) is 0.375. The molecule has 0 spiro atoms. The molecule has 1 fully saturated rings. The van der Waals surface area contributed by atoms with Crippen LogP contribution < -0.4 is 0 Å². The molecule has 0 bridgehead atoms.